The first-order chi connectivity index (χ1) is 11.3. The Bertz CT molecular complexity index is 688. The first-order valence-electron chi connectivity index (χ1n) is 8.14. The van der Waals surface area contributed by atoms with Crippen LogP contribution in [0, 0.1) is 21.4 Å². The Morgan fingerprint density at radius 3 is 2.79 bits per heavy atom. The second kappa shape index (κ2) is 5.73. The molecule has 1 saturated carbocycles. The molecule has 130 valence electrons. The molecule has 1 saturated heterocycles. The second-order valence-corrected chi connectivity index (χ2v) is 7.16. The Labute approximate surface area is 141 Å². The smallest absolute Gasteiger partial charge is 0.293 e. The van der Waals surface area contributed by atoms with Crippen LogP contribution in [0.1, 0.15) is 30.6 Å². The van der Waals surface area contributed by atoms with E-state index in [0.717, 1.165) is 13.0 Å². The van der Waals surface area contributed by atoms with E-state index in [4.69, 9.17) is 4.74 Å². The van der Waals surface area contributed by atoms with Crippen molar-refractivity contribution in [1.29, 1.82) is 0 Å². The predicted octanol–water partition coefficient (Wildman–Crippen LogP) is 2.20. The van der Waals surface area contributed by atoms with Crippen LogP contribution in [-0.2, 0) is 4.74 Å². The summed E-state index contributed by atoms with van der Waals surface area (Å²) in [6.45, 7) is 5.04. The van der Waals surface area contributed by atoms with Crippen molar-refractivity contribution in [1.82, 2.24) is 5.32 Å². The minimum atomic E-state index is -0.424. The van der Waals surface area contributed by atoms with E-state index in [2.05, 4.69) is 19.2 Å². The van der Waals surface area contributed by atoms with Gasteiger partial charge in [0.15, 0.2) is 0 Å². The van der Waals surface area contributed by atoms with Crippen LogP contribution in [0.5, 0.6) is 0 Å². The lowest BCUT2D eigenvalue weighted by atomic mass is 9.56. The molecule has 0 bridgehead atoms. The van der Waals surface area contributed by atoms with E-state index in [9.17, 15) is 14.9 Å². The Morgan fingerprint density at radius 1 is 1.46 bits per heavy atom. The highest BCUT2D eigenvalue weighted by Crippen LogP contribution is 2.55. The lowest BCUT2D eigenvalue weighted by molar-refractivity contribution is -0.384. The molecular weight excluding hydrogens is 310 g/mol. The Kier molecular flexibility index (Phi) is 3.99. The van der Waals surface area contributed by atoms with Crippen molar-refractivity contribution in [2.24, 2.45) is 11.3 Å². The van der Waals surface area contributed by atoms with Crippen molar-refractivity contribution in [2.75, 3.05) is 25.6 Å². The van der Waals surface area contributed by atoms with Crippen LogP contribution in [0.25, 0.3) is 0 Å². The lowest BCUT2D eigenvalue weighted by Crippen LogP contribution is -2.66. The maximum absolute atomic E-state index is 11.8. The Hall–Kier alpha value is -2.15. The minimum Gasteiger partial charge on any atom is -0.377 e. The summed E-state index contributed by atoms with van der Waals surface area (Å²) in [5.74, 6) is 0.0590. The van der Waals surface area contributed by atoms with Gasteiger partial charge in [-0.1, -0.05) is 13.8 Å². The fraction of sp³-hybridized carbons (Fsp3) is 0.588. The molecule has 3 rings (SSSR count). The van der Waals surface area contributed by atoms with Crippen LogP contribution in [0.2, 0.25) is 0 Å². The highest BCUT2D eigenvalue weighted by atomic mass is 16.6. The summed E-state index contributed by atoms with van der Waals surface area (Å²) < 4.78 is 5.81. The zero-order valence-electron chi connectivity index (χ0n) is 14.4. The zero-order chi connectivity index (χ0) is 17.6. The summed E-state index contributed by atoms with van der Waals surface area (Å²) in [4.78, 5) is 24.9. The van der Waals surface area contributed by atoms with Crippen molar-refractivity contribution in [3.8, 4) is 0 Å². The van der Waals surface area contributed by atoms with E-state index in [1.807, 2.05) is 11.9 Å². The molecule has 7 heteroatoms. The number of nitrogens with one attached hydrogen (secondary N) is 1. The van der Waals surface area contributed by atoms with Gasteiger partial charge in [-0.15, -0.1) is 0 Å². The molecule has 1 aliphatic carbocycles. The molecule has 1 amide bonds. The van der Waals surface area contributed by atoms with Gasteiger partial charge >= 0.3 is 0 Å². The number of nitrogens with zero attached hydrogens (tertiary/aromatic N) is 2. The first-order valence-corrected chi connectivity index (χ1v) is 8.14. The fourth-order valence-corrected chi connectivity index (χ4v) is 4.49. The summed E-state index contributed by atoms with van der Waals surface area (Å²) in [7, 11) is 3.40. The van der Waals surface area contributed by atoms with E-state index in [1.165, 1.54) is 13.1 Å². The topological polar surface area (TPSA) is 84.7 Å². The lowest BCUT2D eigenvalue weighted by Gasteiger charge is -2.58. The zero-order valence-corrected chi connectivity index (χ0v) is 14.4. The largest absolute Gasteiger partial charge is 0.377 e. The van der Waals surface area contributed by atoms with Crippen LogP contribution in [0.3, 0.4) is 0 Å². The van der Waals surface area contributed by atoms with Gasteiger partial charge in [-0.25, -0.2) is 0 Å². The molecular formula is C17H23N3O4. The third kappa shape index (κ3) is 2.34. The van der Waals surface area contributed by atoms with Gasteiger partial charge < -0.3 is 15.0 Å². The first kappa shape index (κ1) is 16.7. The molecule has 7 nitrogen and oxygen atoms in total. The normalized spacial score (nSPS) is 27.1. The molecule has 1 aliphatic heterocycles. The molecule has 0 radical (unpaired) electrons. The third-order valence-electron chi connectivity index (χ3n) is 5.50. The molecule has 3 unspecified atom stereocenters. The molecule has 1 heterocycles. The summed E-state index contributed by atoms with van der Waals surface area (Å²) in [6, 6.07) is 4.82. The highest BCUT2D eigenvalue weighted by Gasteiger charge is 2.61. The van der Waals surface area contributed by atoms with Crippen molar-refractivity contribution in [3.63, 3.8) is 0 Å². The van der Waals surface area contributed by atoms with E-state index >= 15 is 0 Å². The molecule has 2 aliphatic rings. The third-order valence-corrected chi connectivity index (χ3v) is 5.50. The molecule has 3 atom stereocenters. The number of nitro benzene ring substituents is 1. The fourth-order valence-electron chi connectivity index (χ4n) is 4.49. The van der Waals surface area contributed by atoms with Gasteiger partial charge in [0, 0.05) is 49.7 Å². The van der Waals surface area contributed by atoms with Gasteiger partial charge in [-0.05, 0) is 18.6 Å². The maximum Gasteiger partial charge on any atom is 0.293 e. The van der Waals surface area contributed by atoms with Crippen LogP contribution in [-0.4, -0.2) is 43.7 Å². The van der Waals surface area contributed by atoms with Gasteiger partial charge in [-0.3, -0.25) is 14.9 Å². The van der Waals surface area contributed by atoms with Crippen molar-refractivity contribution >= 4 is 17.3 Å². The summed E-state index contributed by atoms with van der Waals surface area (Å²) >= 11 is 0. The number of anilines is 1. The number of nitro groups is 1. The average Bonchev–Trinajstić information content (AvgIpc) is 2.99. The molecule has 1 aromatic rings. The second-order valence-electron chi connectivity index (χ2n) is 7.16. The van der Waals surface area contributed by atoms with Gasteiger partial charge in [0.2, 0.25) is 0 Å². The Balaban J connectivity index is 1.96. The molecule has 1 N–H and O–H groups in total. The summed E-state index contributed by atoms with van der Waals surface area (Å²) in [6.07, 6.45) is 1.20. The van der Waals surface area contributed by atoms with Gasteiger partial charge in [0.05, 0.1) is 11.0 Å². The SMILES string of the molecule is CNC(=O)c1ccc(N(C)C2C3CCOC3C2(C)C)c([N+](=O)[O-])c1. The van der Waals surface area contributed by atoms with Crippen molar-refractivity contribution in [2.45, 2.75) is 32.4 Å². The van der Waals surface area contributed by atoms with Crippen LogP contribution < -0.4 is 10.2 Å². The minimum absolute atomic E-state index is 0.0447. The van der Waals surface area contributed by atoms with Crippen LogP contribution in [0.4, 0.5) is 11.4 Å². The number of rotatable bonds is 4. The number of carbonyl (C=O) groups excluding carboxylic acids is 1. The van der Waals surface area contributed by atoms with Crippen molar-refractivity contribution < 1.29 is 14.5 Å². The number of hydrogen-bond acceptors (Lipinski definition) is 5. The molecule has 0 spiro atoms. The predicted molar refractivity (Wildman–Crippen MR) is 90.3 cm³/mol. The quantitative estimate of drug-likeness (QED) is 0.674. The number of hydrogen-bond donors (Lipinski definition) is 1. The number of benzene rings is 1. The highest BCUT2D eigenvalue weighted by molar-refractivity contribution is 5.95. The van der Waals surface area contributed by atoms with E-state index in [0.29, 0.717) is 11.6 Å². The molecule has 1 aromatic carbocycles. The van der Waals surface area contributed by atoms with E-state index in [-0.39, 0.29) is 34.7 Å². The number of ether oxygens (including phenoxy) is 1. The molecule has 0 aromatic heterocycles. The average molecular weight is 333 g/mol. The van der Waals surface area contributed by atoms with E-state index < -0.39 is 4.92 Å². The van der Waals surface area contributed by atoms with E-state index in [1.54, 1.807) is 12.1 Å². The van der Waals surface area contributed by atoms with Gasteiger partial charge in [-0.2, -0.15) is 0 Å². The van der Waals surface area contributed by atoms with Gasteiger partial charge in [0.25, 0.3) is 11.6 Å². The Morgan fingerprint density at radius 2 is 2.17 bits per heavy atom. The molecule has 2 fully saturated rings. The number of fused-ring (bicyclic) bond motifs is 1. The number of amides is 1. The molecule has 24 heavy (non-hydrogen) atoms. The van der Waals surface area contributed by atoms with Crippen molar-refractivity contribution in [3.05, 3.63) is 33.9 Å². The van der Waals surface area contributed by atoms with Crippen LogP contribution >= 0.6 is 0 Å². The monoisotopic (exact) mass is 333 g/mol. The maximum atomic E-state index is 11.8. The number of carbonyl (C=O) groups is 1. The van der Waals surface area contributed by atoms with Crippen LogP contribution in [0.15, 0.2) is 18.2 Å². The van der Waals surface area contributed by atoms with Gasteiger partial charge in [0.1, 0.15) is 5.69 Å². The summed E-state index contributed by atoms with van der Waals surface area (Å²) in [5, 5.41) is 14.0. The summed E-state index contributed by atoms with van der Waals surface area (Å²) in [5.41, 5.74) is 0.715. The standard InChI is InChI=1S/C17H23N3O4/c1-17(2)14(11-7-8-24-15(11)17)19(4)12-6-5-10(16(21)18-3)9-13(12)20(22)23/h5-6,9,11,14-15H,7-8H2,1-4H3,(H,18,21).